The van der Waals surface area contributed by atoms with Gasteiger partial charge in [-0.2, -0.15) is 0 Å². The first-order valence-electron chi connectivity index (χ1n) is 7.21. The molecule has 1 aromatic carbocycles. The molecule has 0 aliphatic carbocycles. The number of rotatable bonds is 8. The highest BCUT2D eigenvalue weighted by Crippen LogP contribution is 2.27. The number of ether oxygens (including phenoxy) is 2. The molecule has 0 spiro atoms. The normalized spacial score (nSPS) is 10.6. The molecule has 0 aromatic heterocycles. The number of amides is 1. The highest BCUT2D eigenvalue weighted by atomic mass is 79.9. The minimum atomic E-state index is 0.00246. The SMILES string of the molecule is CCC(CC)N(CCBr)C(=O)c1ccc(OC)cc1OC. The third-order valence-electron chi connectivity index (χ3n) is 3.61. The Morgan fingerprint density at radius 1 is 1.24 bits per heavy atom. The van der Waals surface area contributed by atoms with E-state index in [0.717, 1.165) is 18.2 Å². The highest BCUT2D eigenvalue weighted by Gasteiger charge is 2.24. The number of hydrogen-bond donors (Lipinski definition) is 0. The fourth-order valence-corrected chi connectivity index (χ4v) is 2.78. The molecule has 4 nitrogen and oxygen atoms in total. The van der Waals surface area contributed by atoms with Crippen molar-refractivity contribution < 1.29 is 14.3 Å². The number of carbonyl (C=O) groups excluding carboxylic acids is 1. The number of alkyl halides is 1. The molecule has 1 amide bonds. The zero-order valence-corrected chi connectivity index (χ0v) is 14.8. The van der Waals surface area contributed by atoms with Crippen LogP contribution in [-0.4, -0.2) is 42.9 Å². The molecule has 0 atom stereocenters. The van der Waals surface area contributed by atoms with Crippen LogP contribution in [0.3, 0.4) is 0 Å². The number of benzene rings is 1. The molecule has 0 N–H and O–H groups in total. The monoisotopic (exact) mass is 357 g/mol. The first kappa shape index (κ1) is 17.8. The van der Waals surface area contributed by atoms with Gasteiger partial charge in [0.15, 0.2) is 0 Å². The number of methoxy groups -OCH3 is 2. The molecule has 5 heteroatoms. The van der Waals surface area contributed by atoms with Crippen molar-refractivity contribution in [1.82, 2.24) is 4.90 Å². The molecule has 0 heterocycles. The Kier molecular flexibility index (Phi) is 7.57. The van der Waals surface area contributed by atoms with Gasteiger partial charge in [-0.25, -0.2) is 0 Å². The van der Waals surface area contributed by atoms with Crippen molar-refractivity contribution >= 4 is 21.8 Å². The van der Waals surface area contributed by atoms with Crippen molar-refractivity contribution in [3.05, 3.63) is 23.8 Å². The lowest BCUT2D eigenvalue weighted by molar-refractivity contribution is 0.0679. The lowest BCUT2D eigenvalue weighted by Crippen LogP contribution is -2.41. The van der Waals surface area contributed by atoms with Crippen LogP contribution in [0.1, 0.15) is 37.0 Å². The van der Waals surface area contributed by atoms with Crippen molar-refractivity contribution in [2.75, 3.05) is 26.1 Å². The summed E-state index contributed by atoms with van der Waals surface area (Å²) in [5.74, 6) is 1.23. The fourth-order valence-electron chi connectivity index (χ4n) is 2.40. The average Bonchev–Trinajstić information content (AvgIpc) is 2.53. The second-order valence-electron chi connectivity index (χ2n) is 4.72. The third kappa shape index (κ3) is 4.37. The van der Waals surface area contributed by atoms with Crippen LogP contribution in [-0.2, 0) is 0 Å². The van der Waals surface area contributed by atoms with Gasteiger partial charge in [0.05, 0.1) is 19.8 Å². The second kappa shape index (κ2) is 8.93. The Morgan fingerprint density at radius 3 is 2.38 bits per heavy atom. The standard InChI is InChI=1S/C16H24BrNO3/c1-5-12(6-2)18(10-9-17)16(19)14-8-7-13(20-3)11-15(14)21-4/h7-8,11-12H,5-6,9-10H2,1-4H3. The Bertz CT molecular complexity index is 461. The van der Waals surface area contributed by atoms with Crippen molar-refractivity contribution in [2.24, 2.45) is 0 Å². The van der Waals surface area contributed by atoms with E-state index in [-0.39, 0.29) is 11.9 Å². The summed E-state index contributed by atoms with van der Waals surface area (Å²) < 4.78 is 10.5. The Hall–Kier alpha value is -1.23. The van der Waals surface area contributed by atoms with Gasteiger partial charge in [-0.05, 0) is 25.0 Å². The molecule has 0 aliphatic rings. The van der Waals surface area contributed by atoms with Crippen LogP contribution < -0.4 is 9.47 Å². The summed E-state index contributed by atoms with van der Waals surface area (Å²) in [6.45, 7) is 4.89. The molecule has 0 bridgehead atoms. The minimum Gasteiger partial charge on any atom is -0.497 e. The third-order valence-corrected chi connectivity index (χ3v) is 3.96. The summed E-state index contributed by atoms with van der Waals surface area (Å²) in [5, 5.41) is 0.758. The van der Waals surface area contributed by atoms with Gasteiger partial charge in [0.2, 0.25) is 0 Å². The van der Waals surface area contributed by atoms with Crippen molar-refractivity contribution in [3.63, 3.8) is 0 Å². The Labute approximate surface area is 135 Å². The summed E-state index contributed by atoms with van der Waals surface area (Å²) in [7, 11) is 3.16. The number of halogens is 1. The fraction of sp³-hybridized carbons (Fsp3) is 0.562. The lowest BCUT2D eigenvalue weighted by atomic mass is 10.1. The summed E-state index contributed by atoms with van der Waals surface area (Å²) in [6, 6.07) is 5.53. The minimum absolute atomic E-state index is 0.00246. The molecular weight excluding hydrogens is 334 g/mol. The van der Waals surface area contributed by atoms with Crippen LogP contribution >= 0.6 is 15.9 Å². The summed E-state index contributed by atoms with van der Waals surface area (Å²) in [6.07, 6.45) is 1.88. The van der Waals surface area contributed by atoms with Crippen LogP contribution in [0.15, 0.2) is 18.2 Å². The van der Waals surface area contributed by atoms with E-state index in [1.807, 2.05) is 4.90 Å². The van der Waals surface area contributed by atoms with Crippen LogP contribution in [0.2, 0.25) is 0 Å². The van der Waals surface area contributed by atoms with E-state index in [2.05, 4.69) is 29.8 Å². The van der Waals surface area contributed by atoms with Gasteiger partial charge in [0.25, 0.3) is 5.91 Å². The predicted molar refractivity (Wildman–Crippen MR) is 88.7 cm³/mol. The highest BCUT2D eigenvalue weighted by molar-refractivity contribution is 9.09. The van der Waals surface area contributed by atoms with Gasteiger partial charge in [0, 0.05) is 24.0 Å². The molecule has 0 saturated carbocycles. The van der Waals surface area contributed by atoms with Gasteiger partial charge in [-0.15, -0.1) is 0 Å². The van der Waals surface area contributed by atoms with Crippen LogP contribution in [0.4, 0.5) is 0 Å². The summed E-state index contributed by atoms with van der Waals surface area (Å²) in [5.41, 5.74) is 0.575. The smallest absolute Gasteiger partial charge is 0.257 e. The Balaban J connectivity index is 3.13. The largest absolute Gasteiger partial charge is 0.497 e. The predicted octanol–water partition coefficient (Wildman–Crippen LogP) is 3.73. The first-order chi connectivity index (χ1) is 10.1. The first-order valence-corrected chi connectivity index (χ1v) is 8.33. The quantitative estimate of drug-likeness (QED) is 0.665. The molecule has 0 radical (unpaired) electrons. The maximum atomic E-state index is 12.9. The van der Waals surface area contributed by atoms with Crippen molar-refractivity contribution in [1.29, 1.82) is 0 Å². The number of nitrogens with zero attached hydrogens (tertiary/aromatic N) is 1. The van der Waals surface area contributed by atoms with E-state index in [9.17, 15) is 4.79 Å². The van der Waals surface area contributed by atoms with E-state index in [1.165, 1.54) is 0 Å². The van der Waals surface area contributed by atoms with E-state index in [1.54, 1.807) is 32.4 Å². The second-order valence-corrected chi connectivity index (χ2v) is 5.52. The number of hydrogen-bond acceptors (Lipinski definition) is 3. The molecular formula is C16H24BrNO3. The zero-order valence-electron chi connectivity index (χ0n) is 13.2. The molecule has 21 heavy (non-hydrogen) atoms. The van der Waals surface area contributed by atoms with Gasteiger partial charge in [-0.1, -0.05) is 29.8 Å². The van der Waals surface area contributed by atoms with Crippen LogP contribution in [0, 0.1) is 0 Å². The molecule has 0 fully saturated rings. The summed E-state index contributed by atoms with van der Waals surface area (Å²) in [4.78, 5) is 14.8. The van der Waals surface area contributed by atoms with Crippen LogP contribution in [0.25, 0.3) is 0 Å². The molecule has 118 valence electrons. The number of carbonyl (C=O) groups is 1. The van der Waals surface area contributed by atoms with Crippen molar-refractivity contribution in [2.45, 2.75) is 32.7 Å². The molecule has 0 saturated heterocycles. The molecule has 0 aliphatic heterocycles. The average molecular weight is 358 g/mol. The van der Waals surface area contributed by atoms with E-state index in [0.29, 0.717) is 23.6 Å². The van der Waals surface area contributed by atoms with E-state index >= 15 is 0 Å². The van der Waals surface area contributed by atoms with Crippen molar-refractivity contribution in [3.8, 4) is 11.5 Å². The molecule has 0 unspecified atom stereocenters. The summed E-state index contributed by atoms with van der Waals surface area (Å²) >= 11 is 3.43. The van der Waals surface area contributed by atoms with E-state index < -0.39 is 0 Å². The maximum absolute atomic E-state index is 12.9. The van der Waals surface area contributed by atoms with Gasteiger partial charge in [-0.3, -0.25) is 4.79 Å². The lowest BCUT2D eigenvalue weighted by Gasteiger charge is -2.30. The van der Waals surface area contributed by atoms with Gasteiger partial charge >= 0.3 is 0 Å². The van der Waals surface area contributed by atoms with Gasteiger partial charge < -0.3 is 14.4 Å². The maximum Gasteiger partial charge on any atom is 0.257 e. The Morgan fingerprint density at radius 2 is 1.90 bits per heavy atom. The van der Waals surface area contributed by atoms with Gasteiger partial charge in [0.1, 0.15) is 11.5 Å². The molecule has 1 rings (SSSR count). The topological polar surface area (TPSA) is 38.8 Å². The zero-order chi connectivity index (χ0) is 15.8. The van der Waals surface area contributed by atoms with Crippen LogP contribution in [0.5, 0.6) is 11.5 Å². The van der Waals surface area contributed by atoms with E-state index in [4.69, 9.17) is 9.47 Å². The molecule has 1 aromatic rings.